The van der Waals surface area contributed by atoms with Gasteiger partial charge in [0.05, 0.1) is 11.6 Å². The topological polar surface area (TPSA) is 127 Å². The summed E-state index contributed by atoms with van der Waals surface area (Å²) in [7, 11) is 4.97. The third-order valence-corrected chi connectivity index (χ3v) is 17.3. The van der Waals surface area contributed by atoms with Gasteiger partial charge in [-0.2, -0.15) is 0 Å². The minimum atomic E-state index is -2.91. The molecule has 0 bridgehead atoms. The number of carbonyl (C=O) groups excluding carboxylic acids is 2. The monoisotopic (exact) mass is 834 g/mol. The van der Waals surface area contributed by atoms with Gasteiger partial charge in [0.1, 0.15) is 30.3 Å². The maximum absolute atomic E-state index is 16.0. The molecular weight excluding hydrogens is 773 g/mol. The largest absolute Gasteiger partial charge is 0.507 e. The first-order valence-electron chi connectivity index (χ1n) is 21.2. The standard InChI is InChI=1S/C48H62N4O7Si/c1-29(2)25-49-26-33-24-36(56-27-30-18-14-12-15-19-30)38-34(40(33)51(6)7)22-32-23-35-41(52(8)9)43-39(46(50-58-43)57-28-31-20-16-13-17-21-31)45(55)48(35,44(54)37(32)42(38)53)59-60(10,11)47(3,4)5/h12-21,24,29,32,35,41,49,53H,22-23,25-28H2,1-11H3/t32-,35-,41-,48?/m0/s1. The molecule has 0 aliphatic heterocycles. The zero-order chi connectivity index (χ0) is 43.3. The molecule has 1 saturated carbocycles. The Morgan fingerprint density at radius 1 is 0.933 bits per heavy atom. The molecule has 3 aliphatic carbocycles. The molecule has 0 saturated heterocycles. The van der Waals surface area contributed by atoms with E-state index in [0.717, 1.165) is 34.5 Å². The molecule has 1 unspecified atom stereocenters. The van der Waals surface area contributed by atoms with Crippen LogP contribution < -0.4 is 19.7 Å². The van der Waals surface area contributed by atoms with Gasteiger partial charge in [0.15, 0.2) is 19.7 Å². The van der Waals surface area contributed by atoms with Gasteiger partial charge in [0, 0.05) is 37.8 Å². The van der Waals surface area contributed by atoms with E-state index >= 15 is 9.59 Å². The lowest BCUT2D eigenvalue weighted by atomic mass is 9.57. The molecule has 60 heavy (non-hydrogen) atoms. The minimum Gasteiger partial charge on any atom is -0.507 e. The number of nitrogens with one attached hydrogen (secondary N) is 1. The molecule has 4 atom stereocenters. The van der Waals surface area contributed by atoms with Gasteiger partial charge in [-0.1, -0.05) is 95.3 Å². The van der Waals surface area contributed by atoms with E-state index in [1.54, 1.807) is 0 Å². The van der Waals surface area contributed by atoms with Crippen LogP contribution in [0.15, 0.2) is 76.8 Å². The normalized spacial score (nSPS) is 21.4. The van der Waals surface area contributed by atoms with Crippen LogP contribution in [-0.4, -0.2) is 75.4 Å². The average Bonchev–Trinajstić information content (AvgIpc) is 3.60. The van der Waals surface area contributed by atoms with E-state index in [-0.39, 0.29) is 41.0 Å². The first-order valence-corrected chi connectivity index (χ1v) is 24.1. The van der Waals surface area contributed by atoms with Gasteiger partial charge in [-0.15, -0.1) is 0 Å². The fourth-order valence-electron chi connectivity index (χ4n) is 9.10. The van der Waals surface area contributed by atoms with Crippen LogP contribution in [0.4, 0.5) is 5.69 Å². The van der Waals surface area contributed by atoms with Crippen LogP contribution in [0.2, 0.25) is 18.1 Å². The number of ketones is 2. The SMILES string of the molecule is CC(C)CNCc1cc(OCc2ccccc2)c2c(c1N(C)C)C[C@H]1C[C@H]3[C@H](N(C)C)c4onc(OCc5ccccc5)c4C(=O)C3(O[Si](C)(C)C(C)(C)C)C(=O)C1=C2O. The molecule has 2 N–H and O–H groups in total. The van der Waals surface area contributed by atoms with E-state index in [4.69, 9.17) is 18.4 Å². The fraction of sp³-hybridized carbons (Fsp3) is 0.479. The van der Waals surface area contributed by atoms with E-state index in [2.05, 4.69) is 63.1 Å². The molecular formula is C48H62N4O7Si. The number of anilines is 1. The van der Waals surface area contributed by atoms with Crippen LogP contribution in [0.1, 0.15) is 91.0 Å². The van der Waals surface area contributed by atoms with Crippen molar-refractivity contribution < 1.29 is 33.1 Å². The van der Waals surface area contributed by atoms with Crippen LogP contribution in [0.25, 0.3) is 5.76 Å². The van der Waals surface area contributed by atoms with Gasteiger partial charge < -0.3 is 33.7 Å². The highest BCUT2D eigenvalue weighted by molar-refractivity contribution is 6.74. The van der Waals surface area contributed by atoms with E-state index in [9.17, 15) is 5.11 Å². The first kappa shape index (κ1) is 43.3. The smallest absolute Gasteiger partial charge is 0.265 e. The Bertz CT molecular complexity index is 2260. The first-order chi connectivity index (χ1) is 28.4. The number of aliphatic hydroxyl groups is 1. The number of hydrogen-bond donors (Lipinski definition) is 2. The van der Waals surface area contributed by atoms with Crippen molar-refractivity contribution in [2.45, 2.75) is 97.0 Å². The Balaban J connectivity index is 1.43. The zero-order valence-electron chi connectivity index (χ0n) is 37.1. The van der Waals surface area contributed by atoms with Gasteiger partial charge >= 0.3 is 0 Å². The second-order valence-corrected chi connectivity index (χ2v) is 23.8. The van der Waals surface area contributed by atoms with Crippen LogP contribution >= 0.6 is 0 Å². The summed E-state index contributed by atoms with van der Waals surface area (Å²) < 4.78 is 26.3. The summed E-state index contributed by atoms with van der Waals surface area (Å²) in [4.78, 5) is 35.8. The van der Waals surface area contributed by atoms with Crippen molar-refractivity contribution in [1.29, 1.82) is 0 Å². The summed E-state index contributed by atoms with van der Waals surface area (Å²) in [6, 6.07) is 20.9. The second-order valence-electron chi connectivity index (χ2n) is 19.1. The number of hydrogen-bond acceptors (Lipinski definition) is 11. The lowest BCUT2D eigenvalue weighted by Crippen LogP contribution is -2.68. The Kier molecular flexibility index (Phi) is 12.0. The van der Waals surface area contributed by atoms with Crippen molar-refractivity contribution in [3.8, 4) is 11.6 Å². The second kappa shape index (κ2) is 16.6. The van der Waals surface area contributed by atoms with Crippen molar-refractivity contribution in [2.75, 3.05) is 39.6 Å². The fourth-order valence-corrected chi connectivity index (χ4v) is 10.5. The summed E-state index contributed by atoms with van der Waals surface area (Å²) in [5.41, 5.74) is 3.58. The molecule has 0 radical (unpaired) electrons. The van der Waals surface area contributed by atoms with Gasteiger partial charge in [-0.3, -0.25) is 14.5 Å². The number of aromatic nitrogens is 1. The van der Waals surface area contributed by atoms with Crippen molar-refractivity contribution in [2.24, 2.45) is 17.8 Å². The molecule has 0 amide bonds. The Morgan fingerprint density at radius 2 is 1.55 bits per heavy atom. The third-order valence-electron chi connectivity index (χ3n) is 12.9. The van der Waals surface area contributed by atoms with Gasteiger partial charge in [0.2, 0.25) is 11.6 Å². The van der Waals surface area contributed by atoms with Crippen molar-refractivity contribution >= 4 is 31.3 Å². The maximum atomic E-state index is 16.0. The van der Waals surface area contributed by atoms with E-state index in [1.165, 1.54) is 0 Å². The molecule has 3 aliphatic rings. The molecule has 4 aromatic rings. The molecule has 320 valence electrons. The van der Waals surface area contributed by atoms with E-state index in [0.29, 0.717) is 42.4 Å². The number of ether oxygens (including phenoxy) is 2. The Hall–Kier alpha value is -4.75. The summed E-state index contributed by atoms with van der Waals surface area (Å²) in [5, 5.41) is 20.4. The van der Waals surface area contributed by atoms with Crippen molar-refractivity contribution in [3.63, 3.8) is 0 Å². The average molecular weight is 835 g/mol. The van der Waals surface area contributed by atoms with Crippen LogP contribution in [0, 0.1) is 17.8 Å². The molecule has 1 fully saturated rings. The zero-order valence-corrected chi connectivity index (χ0v) is 38.1. The van der Waals surface area contributed by atoms with Gasteiger partial charge in [0.25, 0.3) is 5.88 Å². The number of aliphatic hydroxyl groups excluding tert-OH is 1. The number of fused-ring (bicyclic) bond motifs is 4. The molecule has 7 rings (SSSR count). The highest BCUT2D eigenvalue weighted by Crippen LogP contribution is 2.59. The molecule has 3 aromatic carbocycles. The maximum Gasteiger partial charge on any atom is 0.265 e. The minimum absolute atomic E-state index is 0.0234. The lowest BCUT2D eigenvalue weighted by Gasteiger charge is -2.55. The number of benzene rings is 3. The van der Waals surface area contributed by atoms with Crippen LogP contribution in [-0.2, 0) is 35.4 Å². The molecule has 0 spiro atoms. The molecule has 12 heteroatoms. The number of nitrogens with zero attached hydrogens (tertiary/aromatic N) is 3. The van der Waals surface area contributed by atoms with Crippen LogP contribution in [0.5, 0.6) is 11.6 Å². The quantitative estimate of drug-likeness (QED) is 0.0935. The lowest BCUT2D eigenvalue weighted by molar-refractivity contribution is -0.140. The van der Waals surface area contributed by atoms with E-state index in [1.807, 2.05) is 99.8 Å². The number of Topliss-reactive ketones (excluding diaryl/α,β-unsaturated/α-hetero) is 2. The highest BCUT2D eigenvalue weighted by atomic mass is 28.4. The van der Waals surface area contributed by atoms with Crippen LogP contribution in [0.3, 0.4) is 0 Å². The highest BCUT2D eigenvalue weighted by Gasteiger charge is 2.69. The predicted octanol–water partition coefficient (Wildman–Crippen LogP) is 8.93. The van der Waals surface area contributed by atoms with Gasteiger partial charge in [-0.25, -0.2) is 0 Å². The van der Waals surface area contributed by atoms with Gasteiger partial charge in [-0.05, 0) is 96.9 Å². The molecule has 11 nitrogen and oxygen atoms in total. The summed E-state index contributed by atoms with van der Waals surface area (Å²) in [5.74, 6) is -0.997. The summed E-state index contributed by atoms with van der Waals surface area (Å²) >= 11 is 0. The number of rotatable bonds is 14. The third kappa shape index (κ3) is 7.72. The molecule has 1 aromatic heterocycles. The number of carbonyl (C=O) groups is 2. The van der Waals surface area contributed by atoms with E-state index < -0.39 is 43.4 Å². The van der Waals surface area contributed by atoms with Crippen molar-refractivity contribution in [3.05, 3.63) is 111 Å². The summed E-state index contributed by atoms with van der Waals surface area (Å²) in [6.07, 6.45) is 0.820. The van der Waals surface area contributed by atoms with Crippen molar-refractivity contribution in [1.82, 2.24) is 15.4 Å². The Labute approximate surface area is 356 Å². The predicted molar refractivity (Wildman–Crippen MR) is 237 cm³/mol. The Morgan fingerprint density at radius 3 is 2.12 bits per heavy atom. The molecule has 1 heterocycles. The summed E-state index contributed by atoms with van der Waals surface area (Å²) in [6.45, 7) is 16.6.